The van der Waals surface area contributed by atoms with Crippen LogP contribution in [0.5, 0.6) is 0 Å². The minimum absolute atomic E-state index is 0.101. The van der Waals surface area contributed by atoms with Crippen LogP contribution >= 0.6 is 0 Å². The average Bonchev–Trinajstić information content (AvgIpc) is 3.24. The number of benzene rings is 1. The van der Waals surface area contributed by atoms with Gasteiger partial charge in [-0.15, -0.1) is 0 Å². The highest BCUT2D eigenvalue weighted by molar-refractivity contribution is 5.80. The lowest BCUT2D eigenvalue weighted by molar-refractivity contribution is -0.123. The number of hydrogen-bond donors (Lipinski definition) is 2. The van der Waals surface area contributed by atoms with E-state index in [0.29, 0.717) is 6.54 Å². The van der Waals surface area contributed by atoms with Gasteiger partial charge in [0.15, 0.2) is 5.96 Å². The predicted molar refractivity (Wildman–Crippen MR) is 119 cm³/mol. The number of hydrogen-bond acceptors (Lipinski definition) is 4. The molecule has 3 rings (SSSR count). The normalized spacial score (nSPS) is 17.9. The minimum atomic E-state index is 0.101. The largest absolute Gasteiger partial charge is 0.364 e. The number of amides is 1. The third kappa shape index (κ3) is 6.22. The van der Waals surface area contributed by atoms with Crippen molar-refractivity contribution in [2.75, 3.05) is 57.8 Å². The fourth-order valence-electron chi connectivity index (χ4n) is 3.72. The molecule has 7 nitrogen and oxygen atoms in total. The van der Waals surface area contributed by atoms with Crippen molar-refractivity contribution in [3.8, 4) is 0 Å². The SMILES string of the molecule is CN=C(NCc1ccc(N2CC=CC2)cc1)N1CCN(CC(=O)NC(C)C)CC1. The van der Waals surface area contributed by atoms with E-state index in [9.17, 15) is 4.79 Å². The highest BCUT2D eigenvalue weighted by Gasteiger charge is 2.21. The van der Waals surface area contributed by atoms with Gasteiger partial charge < -0.3 is 20.4 Å². The first-order chi connectivity index (χ1) is 14.0. The zero-order chi connectivity index (χ0) is 20.6. The van der Waals surface area contributed by atoms with E-state index in [1.165, 1.54) is 11.3 Å². The van der Waals surface area contributed by atoms with Crippen LogP contribution in [0.3, 0.4) is 0 Å². The van der Waals surface area contributed by atoms with Crippen molar-refractivity contribution >= 4 is 17.6 Å². The van der Waals surface area contributed by atoms with Crippen molar-refractivity contribution in [3.05, 3.63) is 42.0 Å². The zero-order valence-electron chi connectivity index (χ0n) is 17.9. The van der Waals surface area contributed by atoms with E-state index >= 15 is 0 Å². The maximum absolute atomic E-state index is 12.0. The standard InChI is InChI=1S/C22H34N6O/c1-18(2)25-21(29)17-26-12-14-28(15-13-26)22(23-3)24-16-19-6-8-20(9-7-19)27-10-4-5-11-27/h4-9,18H,10-17H2,1-3H3,(H,23,24)(H,25,29). The predicted octanol–water partition coefficient (Wildman–Crippen LogP) is 1.28. The van der Waals surface area contributed by atoms with Gasteiger partial charge in [-0.1, -0.05) is 24.3 Å². The highest BCUT2D eigenvalue weighted by Crippen LogP contribution is 2.17. The van der Waals surface area contributed by atoms with Crippen LogP contribution in [0.1, 0.15) is 19.4 Å². The second-order valence-electron chi connectivity index (χ2n) is 7.93. The van der Waals surface area contributed by atoms with Crippen LogP contribution < -0.4 is 15.5 Å². The van der Waals surface area contributed by atoms with Crippen molar-refractivity contribution in [2.45, 2.75) is 26.4 Å². The smallest absolute Gasteiger partial charge is 0.234 e. The molecule has 0 bridgehead atoms. The molecule has 2 aliphatic heterocycles. The van der Waals surface area contributed by atoms with Gasteiger partial charge in [-0.3, -0.25) is 14.7 Å². The molecule has 0 saturated carbocycles. The third-order valence-electron chi connectivity index (χ3n) is 5.27. The lowest BCUT2D eigenvalue weighted by Crippen LogP contribution is -2.54. The summed E-state index contributed by atoms with van der Waals surface area (Å²) in [6.45, 7) is 10.7. The summed E-state index contributed by atoms with van der Waals surface area (Å²) in [5, 5.41) is 6.44. The summed E-state index contributed by atoms with van der Waals surface area (Å²) >= 11 is 0. The van der Waals surface area contributed by atoms with Crippen LogP contribution in [0, 0.1) is 0 Å². The lowest BCUT2D eigenvalue weighted by atomic mass is 10.2. The van der Waals surface area contributed by atoms with E-state index in [1.54, 1.807) is 0 Å². The van der Waals surface area contributed by atoms with E-state index in [-0.39, 0.29) is 11.9 Å². The number of piperazine rings is 1. The van der Waals surface area contributed by atoms with Crippen LogP contribution in [-0.2, 0) is 11.3 Å². The fraction of sp³-hybridized carbons (Fsp3) is 0.545. The molecule has 1 saturated heterocycles. The molecule has 0 radical (unpaired) electrons. The quantitative estimate of drug-likeness (QED) is 0.429. The van der Waals surface area contributed by atoms with E-state index in [0.717, 1.165) is 51.8 Å². The Bertz CT molecular complexity index is 711. The van der Waals surface area contributed by atoms with Gasteiger partial charge in [0.25, 0.3) is 0 Å². The van der Waals surface area contributed by atoms with E-state index < -0.39 is 0 Å². The molecule has 0 atom stereocenters. The van der Waals surface area contributed by atoms with Gasteiger partial charge in [0.1, 0.15) is 0 Å². The summed E-state index contributed by atoms with van der Waals surface area (Å²) in [4.78, 5) is 23.2. The molecule has 0 unspecified atom stereocenters. The summed E-state index contributed by atoms with van der Waals surface area (Å²) < 4.78 is 0. The van der Waals surface area contributed by atoms with E-state index in [4.69, 9.17) is 0 Å². The summed E-state index contributed by atoms with van der Waals surface area (Å²) in [5.41, 5.74) is 2.51. The zero-order valence-corrected chi connectivity index (χ0v) is 17.9. The van der Waals surface area contributed by atoms with Crippen LogP contribution in [0.15, 0.2) is 41.4 Å². The Morgan fingerprint density at radius 2 is 1.72 bits per heavy atom. The molecule has 1 aromatic rings. The van der Waals surface area contributed by atoms with Crippen LogP contribution in [-0.4, -0.2) is 80.6 Å². The van der Waals surface area contributed by atoms with Crippen LogP contribution in [0.25, 0.3) is 0 Å². The Morgan fingerprint density at radius 1 is 1.07 bits per heavy atom. The maximum Gasteiger partial charge on any atom is 0.234 e. The van der Waals surface area contributed by atoms with Gasteiger partial charge in [0.2, 0.25) is 5.91 Å². The molecule has 1 amide bonds. The number of rotatable bonds is 6. The Labute approximate surface area is 174 Å². The molecule has 0 aromatic heterocycles. The van der Waals surface area contributed by atoms with Crippen molar-refractivity contribution in [1.29, 1.82) is 0 Å². The van der Waals surface area contributed by atoms with Crippen molar-refractivity contribution in [1.82, 2.24) is 20.4 Å². The first-order valence-corrected chi connectivity index (χ1v) is 10.5. The van der Waals surface area contributed by atoms with Gasteiger partial charge in [-0.2, -0.15) is 0 Å². The van der Waals surface area contributed by atoms with Crippen molar-refractivity contribution < 1.29 is 4.79 Å². The topological polar surface area (TPSA) is 63.2 Å². The second-order valence-corrected chi connectivity index (χ2v) is 7.93. The highest BCUT2D eigenvalue weighted by atomic mass is 16.2. The molecule has 2 aliphatic rings. The summed E-state index contributed by atoms with van der Waals surface area (Å²) in [6.07, 6.45) is 4.41. The van der Waals surface area contributed by atoms with Crippen molar-refractivity contribution in [3.63, 3.8) is 0 Å². The van der Waals surface area contributed by atoms with Gasteiger partial charge in [-0.25, -0.2) is 0 Å². The summed E-state index contributed by atoms with van der Waals surface area (Å²) in [7, 11) is 1.83. The third-order valence-corrected chi connectivity index (χ3v) is 5.27. The van der Waals surface area contributed by atoms with Gasteiger partial charge in [-0.05, 0) is 31.5 Å². The molecule has 1 aromatic carbocycles. The Hall–Kier alpha value is -2.54. The summed E-state index contributed by atoms with van der Waals surface area (Å²) in [5.74, 6) is 1.02. The number of nitrogens with zero attached hydrogens (tertiary/aromatic N) is 4. The molecule has 158 valence electrons. The lowest BCUT2D eigenvalue weighted by Gasteiger charge is -2.36. The molecule has 7 heteroatoms. The molecule has 2 N–H and O–H groups in total. The Morgan fingerprint density at radius 3 is 2.31 bits per heavy atom. The monoisotopic (exact) mass is 398 g/mol. The Kier molecular flexibility index (Phi) is 7.52. The van der Waals surface area contributed by atoms with Gasteiger partial charge >= 0.3 is 0 Å². The fourth-order valence-corrected chi connectivity index (χ4v) is 3.72. The van der Waals surface area contributed by atoms with E-state index in [2.05, 4.69) is 66.7 Å². The van der Waals surface area contributed by atoms with Crippen LogP contribution in [0.4, 0.5) is 5.69 Å². The number of nitrogens with one attached hydrogen (secondary N) is 2. The maximum atomic E-state index is 12.0. The number of carbonyl (C=O) groups is 1. The molecular weight excluding hydrogens is 364 g/mol. The minimum Gasteiger partial charge on any atom is -0.364 e. The number of anilines is 1. The molecule has 0 aliphatic carbocycles. The first kappa shape index (κ1) is 21.2. The molecule has 29 heavy (non-hydrogen) atoms. The average molecular weight is 399 g/mol. The first-order valence-electron chi connectivity index (χ1n) is 10.5. The second kappa shape index (κ2) is 10.3. The molecule has 0 spiro atoms. The van der Waals surface area contributed by atoms with Gasteiger partial charge in [0, 0.05) is 64.6 Å². The number of carbonyl (C=O) groups excluding carboxylic acids is 1. The summed E-state index contributed by atoms with van der Waals surface area (Å²) in [6, 6.07) is 8.92. The number of guanidine groups is 1. The van der Waals surface area contributed by atoms with Crippen molar-refractivity contribution in [2.24, 2.45) is 4.99 Å². The number of aliphatic imine (C=N–C) groups is 1. The van der Waals surface area contributed by atoms with Gasteiger partial charge in [0.05, 0.1) is 6.54 Å². The Balaban J connectivity index is 1.43. The molecule has 1 fully saturated rings. The molecular formula is C22H34N6O. The van der Waals surface area contributed by atoms with Crippen LogP contribution in [0.2, 0.25) is 0 Å². The van der Waals surface area contributed by atoms with E-state index in [1.807, 2.05) is 20.9 Å². The molecule has 2 heterocycles.